The molecule has 0 aliphatic carbocycles. The van der Waals surface area contributed by atoms with E-state index in [2.05, 4.69) is 15.8 Å². The molecule has 0 aliphatic heterocycles. The number of hydrogen-bond donors (Lipinski definition) is 2. The number of aryl methyl sites for hydroxylation is 2. The molecular weight excluding hydrogens is 394 g/mol. The number of amides is 2. The molecule has 8 nitrogen and oxygen atoms in total. The van der Waals surface area contributed by atoms with Gasteiger partial charge in [-0.2, -0.15) is 0 Å². The zero-order valence-electron chi connectivity index (χ0n) is 16.9. The second kappa shape index (κ2) is 10.7. The Morgan fingerprint density at radius 3 is 2.55 bits per heavy atom. The highest BCUT2D eigenvalue weighted by Gasteiger charge is 2.17. The lowest BCUT2D eigenvalue weighted by atomic mass is 10.2. The molecule has 0 fully saturated rings. The van der Waals surface area contributed by atoms with E-state index < -0.39 is 18.5 Å². The quantitative estimate of drug-likeness (QED) is 0.474. The van der Waals surface area contributed by atoms with Crippen LogP contribution in [0.1, 0.15) is 41.2 Å². The van der Waals surface area contributed by atoms with Crippen molar-refractivity contribution >= 4 is 29.5 Å². The van der Waals surface area contributed by atoms with Crippen LogP contribution in [0.3, 0.4) is 0 Å². The highest BCUT2D eigenvalue weighted by atomic mass is 32.2. The summed E-state index contributed by atoms with van der Waals surface area (Å²) in [5.41, 5.74) is 2.17. The van der Waals surface area contributed by atoms with Crippen LogP contribution in [-0.2, 0) is 20.1 Å². The van der Waals surface area contributed by atoms with E-state index in [0.29, 0.717) is 11.3 Å². The standard InChI is InChI=1S/C20H25N3O5S/c1-12(2)22-18(24)9-21-19(25)10-27-20(26)15-7-5-6-8-17(15)29-11-16-13(3)23-28-14(16)4/h5-8,12H,9-11H2,1-4H3,(H,21,25)(H,22,24). The third-order valence-corrected chi connectivity index (χ3v) is 4.99. The zero-order chi connectivity index (χ0) is 21.4. The molecule has 2 amide bonds. The third-order valence-electron chi connectivity index (χ3n) is 3.89. The van der Waals surface area contributed by atoms with Crippen LogP contribution in [0.15, 0.2) is 33.7 Å². The Balaban J connectivity index is 1.89. The highest BCUT2D eigenvalue weighted by molar-refractivity contribution is 7.98. The number of benzene rings is 1. The van der Waals surface area contributed by atoms with Gasteiger partial charge in [0, 0.05) is 22.3 Å². The molecule has 0 saturated carbocycles. The van der Waals surface area contributed by atoms with E-state index in [1.807, 2.05) is 39.8 Å². The van der Waals surface area contributed by atoms with Crippen LogP contribution in [0.2, 0.25) is 0 Å². The molecule has 1 aromatic heterocycles. The molecule has 1 heterocycles. The number of nitrogens with one attached hydrogen (secondary N) is 2. The van der Waals surface area contributed by atoms with E-state index in [4.69, 9.17) is 9.26 Å². The van der Waals surface area contributed by atoms with E-state index in [9.17, 15) is 14.4 Å². The molecule has 1 aromatic carbocycles. The Bertz CT molecular complexity index is 859. The lowest BCUT2D eigenvalue weighted by Gasteiger charge is -2.11. The summed E-state index contributed by atoms with van der Waals surface area (Å²) < 4.78 is 10.3. The Morgan fingerprint density at radius 1 is 1.17 bits per heavy atom. The topological polar surface area (TPSA) is 111 Å². The van der Waals surface area contributed by atoms with Crippen LogP contribution >= 0.6 is 11.8 Å². The van der Waals surface area contributed by atoms with Gasteiger partial charge >= 0.3 is 5.97 Å². The summed E-state index contributed by atoms with van der Waals surface area (Å²) in [7, 11) is 0. The summed E-state index contributed by atoms with van der Waals surface area (Å²) in [4.78, 5) is 36.5. The first-order valence-corrected chi connectivity index (χ1v) is 10.1. The molecule has 0 spiro atoms. The zero-order valence-corrected chi connectivity index (χ0v) is 17.7. The molecule has 29 heavy (non-hydrogen) atoms. The van der Waals surface area contributed by atoms with Crippen molar-refractivity contribution in [3.05, 3.63) is 46.8 Å². The van der Waals surface area contributed by atoms with E-state index in [1.54, 1.807) is 12.1 Å². The van der Waals surface area contributed by atoms with E-state index in [-0.39, 0.29) is 18.5 Å². The maximum absolute atomic E-state index is 12.4. The van der Waals surface area contributed by atoms with Gasteiger partial charge in [0.1, 0.15) is 5.76 Å². The number of thioether (sulfide) groups is 1. The summed E-state index contributed by atoms with van der Waals surface area (Å²) in [6, 6.07) is 7.00. The third kappa shape index (κ3) is 6.94. The molecule has 9 heteroatoms. The van der Waals surface area contributed by atoms with Crippen LogP contribution in [0.5, 0.6) is 0 Å². The lowest BCUT2D eigenvalue weighted by Crippen LogP contribution is -2.41. The van der Waals surface area contributed by atoms with Crippen molar-refractivity contribution in [3.8, 4) is 0 Å². The van der Waals surface area contributed by atoms with Crippen molar-refractivity contribution in [3.63, 3.8) is 0 Å². The summed E-state index contributed by atoms with van der Waals surface area (Å²) in [5, 5.41) is 9.00. The number of rotatable bonds is 9. The van der Waals surface area contributed by atoms with Crippen molar-refractivity contribution in [1.82, 2.24) is 15.8 Å². The van der Waals surface area contributed by atoms with Crippen LogP contribution < -0.4 is 10.6 Å². The van der Waals surface area contributed by atoms with Gasteiger partial charge in [0.25, 0.3) is 5.91 Å². The number of ether oxygens (including phenoxy) is 1. The largest absolute Gasteiger partial charge is 0.452 e. The molecular formula is C20H25N3O5S. The fourth-order valence-corrected chi connectivity index (χ4v) is 3.62. The Labute approximate surface area is 173 Å². The smallest absolute Gasteiger partial charge is 0.339 e. The first kappa shape index (κ1) is 22.5. The van der Waals surface area contributed by atoms with Gasteiger partial charge in [-0.3, -0.25) is 9.59 Å². The Kier molecular flexibility index (Phi) is 8.26. The first-order valence-electron chi connectivity index (χ1n) is 9.14. The molecule has 0 bridgehead atoms. The molecule has 2 rings (SSSR count). The molecule has 2 N–H and O–H groups in total. The average molecular weight is 420 g/mol. The predicted molar refractivity (Wildman–Crippen MR) is 109 cm³/mol. The number of carbonyl (C=O) groups excluding carboxylic acids is 3. The van der Waals surface area contributed by atoms with Crippen molar-refractivity contribution in [2.75, 3.05) is 13.2 Å². The monoisotopic (exact) mass is 419 g/mol. The minimum Gasteiger partial charge on any atom is -0.452 e. The minimum absolute atomic E-state index is 0.0170. The van der Waals surface area contributed by atoms with Crippen molar-refractivity contribution < 1.29 is 23.6 Å². The fourth-order valence-electron chi connectivity index (χ4n) is 2.43. The van der Waals surface area contributed by atoms with Crippen LogP contribution in [-0.4, -0.2) is 42.1 Å². The Hall–Kier alpha value is -2.81. The fraction of sp³-hybridized carbons (Fsp3) is 0.400. The number of carbonyl (C=O) groups is 3. The predicted octanol–water partition coefficient (Wildman–Crippen LogP) is 2.38. The Morgan fingerprint density at radius 2 is 1.90 bits per heavy atom. The normalized spacial score (nSPS) is 10.7. The highest BCUT2D eigenvalue weighted by Crippen LogP contribution is 2.29. The SMILES string of the molecule is Cc1noc(C)c1CSc1ccccc1C(=O)OCC(=O)NCC(=O)NC(C)C. The summed E-state index contributed by atoms with van der Waals surface area (Å²) in [5.74, 6) is -0.113. The van der Waals surface area contributed by atoms with Crippen LogP contribution in [0.4, 0.5) is 0 Å². The molecule has 0 unspecified atom stereocenters. The van der Waals surface area contributed by atoms with Gasteiger partial charge in [-0.1, -0.05) is 17.3 Å². The second-order valence-corrected chi connectivity index (χ2v) is 7.68. The molecule has 0 atom stereocenters. The molecule has 156 valence electrons. The average Bonchev–Trinajstić information content (AvgIpc) is 3.00. The van der Waals surface area contributed by atoms with Gasteiger partial charge in [-0.05, 0) is 39.8 Å². The second-order valence-electron chi connectivity index (χ2n) is 6.66. The molecule has 2 aromatic rings. The van der Waals surface area contributed by atoms with Crippen molar-refractivity contribution in [2.24, 2.45) is 0 Å². The molecule has 0 aliphatic rings. The van der Waals surface area contributed by atoms with Crippen molar-refractivity contribution in [1.29, 1.82) is 0 Å². The van der Waals surface area contributed by atoms with E-state index in [0.717, 1.165) is 21.9 Å². The maximum Gasteiger partial charge on any atom is 0.339 e. The summed E-state index contributed by atoms with van der Waals surface area (Å²) in [6.45, 7) is 6.73. The van der Waals surface area contributed by atoms with Gasteiger partial charge in [0.05, 0.1) is 17.8 Å². The molecule has 0 radical (unpaired) electrons. The van der Waals surface area contributed by atoms with Crippen molar-refractivity contribution in [2.45, 2.75) is 44.4 Å². The maximum atomic E-state index is 12.4. The van der Waals surface area contributed by atoms with Gasteiger partial charge < -0.3 is 19.9 Å². The molecule has 0 saturated heterocycles. The van der Waals surface area contributed by atoms with Gasteiger partial charge in [0.2, 0.25) is 5.91 Å². The minimum atomic E-state index is -0.603. The number of nitrogens with zero attached hydrogens (tertiary/aromatic N) is 1. The number of aromatic nitrogens is 1. The first-order chi connectivity index (χ1) is 13.8. The number of esters is 1. The van der Waals surface area contributed by atoms with E-state index >= 15 is 0 Å². The van der Waals surface area contributed by atoms with Gasteiger partial charge in [0.15, 0.2) is 6.61 Å². The summed E-state index contributed by atoms with van der Waals surface area (Å²) in [6.07, 6.45) is 0. The lowest BCUT2D eigenvalue weighted by molar-refractivity contribution is -0.128. The van der Waals surface area contributed by atoms with Gasteiger partial charge in [-0.15, -0.1) is 11.8 Å². The van der Waals surface area contributed by atoms with Crippen LogP contribution in [0.25, 0.3) is 0 Å². The summed E-state index contributed by atoms with van der Waals surface area (Å²) >= 11 is 1.46. The van der Waals surface area contributed by atoms with Crippen LogP contribution in [0, 0.1) is 13.8 Å². The number of hydrogen-bond acceptors (Lipinski definition) is 7. The van der Waals surface area contributed by atoms with E-state index in [1.165, 1.54) is 11.8 Å². The van der Waals surface area contributed by atoms with Gasteiger partial charge in [-0.25, -0.2) is 4.79 Å².